The van der Waals surface area contributed by atoms with E-state index in [0.717, 1.165) is 121 Å². The highest BCUT2D eigenvalue weighted by Gasteiger charge is 2.42. The SMILES string of the molecule is CCc1cc2c(cc1N1CCC(N3CCN(C(=O)CCCCSc4cccc5c4CN(C4CCC(=O)NC4=O)C5=O)CC3)CC1)C(C)(C)c1[nH]c3cc(C#N)ccc3c1C2=O. The molecular weight excluding hydrogens is 787 g/mol. The zero-order chi connectivity index (χ0) is 42.6. The molecule has 3 fully saturated rings. The number of ketones is 1. The molecule has 0 spiro atoms. The number of thioether (sulfide) groups is 1. The van der Waals surface area contributed by atoms with Crippen LogP contribution in [0.5, 0.6) is 0 Å². The van der Waals surface area contributed by atoms with Gasteiger partial charge >= 0.3 is 0 Å². The number of hydrogen-bond acceptors (Lipinski definition) is 9. The number of fused-ring (bicyclic) bond motifs is 5. The first kappa shape index (κ1) is 40.9. The number of aryl methyl sites for hydroxylation is 1. The number of hydrogen-bond donors (Lipinski definition) is 2. The largest absolute Gasteiger partial charge is 0.371 e. The quantitative estimate of drug-likeness (QED) is 0.107. The Balaban J connectivity index is 0.746. The molecule has 3 saturated heterocycles. The van der Waals surface area contributed by atoms with Crippen molar-refractivity contribution < 1.29 is 24.0 Å². The number of anilines is 1. The van der Waals surface area contributed by atoms with Gasteiger partial charge in [0.2, 0.25) is 17.7 Å². The summed E-state index contributed by atoms with van der Waals surface area (Å²) in [6, 6.07) is 17.7. The van der Waals surface area contributed by atoms with Gasteiger partial charge < -0.3 is 19.7 Å². The summed E-state index contributed by atoms with van der Waals surface area (Å²) < 4.78 is 0. The number of unbranched alkanes of at least 4 members (excludes halogenated alkanes) is 1. The number of aromatic nitrogens is 1. The van der Waals surface area contributed by atoms with Crippen molar-refractivity contribution in [3.63, 3.8) is 0 Å². The smallest absolute Gasteiger partial charge is 0.255 e. The van der Waals surface area contributed by atoms with E-state index in [2.05, 4.69) is 59.1 Å². The fourth-order valence-corrected chi connectivity index (χ4v) is 11.5. The average molecular weight is 840 g/mol. The highest BCUT2D eigenvalue weighted by Crippen LogP contribution is 2.46. The molecule has 13 heteroatoms. The molecule has 9 rings (SSSR count). The van der Waals surface area contributed by atoms with Crippen LogP contribution in [0.2, 0.25) is 0 Å². The van der Waals surface area contributed by atoms with Crippen LogP contribution in [-0.4, -0.2) is 106 Å². The number of carbonyl (C=O) groups is 5. The predicted molar refractivity (Wildman–Crippen MR) is 235 cm³/mol. The van der Waals surface area contributed by atoms with Crippen LogP contribution >= 0.6 is 11.8 Å². The number of nitriles is 1. The first-order chi connectivity index (χ1) is 29.5. The van der Waals surface area contributed by atoms with Gasteiger partial charge in [0.15, 0.2) is 5.78 Å². The van der Waals surface area contributed by atoms with E-state index in [-0.39, 0.29) is 29.9 Å². The van der Waals surface area contributed by atoms with Crippen molar-refractivity contribution in [3.8, 4) is 6.07 Å². The van der Waals surface area contributed by atoms with E-state index in [0.29, 0.717) is 36.6 Å². The molecular formula is C48H53N7O5S. The van der Waals surface area contributed by atoms with Crippen molar-refractivity contribution in [2.24, 2.45) is 0 Å². The summed E-state index contributed by atoms with van der Waals surface area (Å²) in [6.45, 7) is 12.1. The second kappa shape index (κ2) is 16.4. The number of nitrogens with zero attached hydrogens (tertiary/aromatic N) is 5. The Morgan fingerprint density at radius 1 is 0.934 bits per heavy atom. The molecule has 5 aliphatic rings. The van der Waals surface area contributed by atoms with Gasteiger partial charge in [-0.1, -0.05) is 32.9 Å². The Morgan fingerprint density at radius 2 is 1.72 bits per heavy atom. The molecule has 5 heterocycles. The summed E-state index contributed by atoms with van der Waals surface area (Å²) in [5.41, 5.74) is 8.41. The Labute approximate surface area is 361 Å². The second-order valence-corrected chi connectivity index (χ2v) is 18.8. The van der Waals surface area contributed by atoms with Crippen molar-refractivity contribution in [2.75, 3.05) is 49.9 Å². The topological polar surface area (TPSA) is 150 Å². The molecule has 1 unspecified atom stereocenters. The third-order valence-corrected chi connectivity index (χ3v) is 15.1. The van der Waals surface area contributed by atoms with Crippen LogP contribution in [0, 0.1) is 11.3 Å². The molecule has 0 saturated carbocycles. The van der Waals surface area contributed by atoms with Crippen molar-refractivity contribution in [1.29, 1.82) is 5.26 Å². The molecule has 61 heavy (non-hydrogen) atoms. The molecule has 3 aromatic carbocycles. The van der Waals surface area contributed by atoms with E-state index >= 15 is 0 Å². The van der Waals surface area contributed by atoms with Crippen molar-refractivity contribution in [2.45, 2.75) is 101 Å². The highest BCUT2D eigenvalue weighted by atomic mass is 32.2. The zero-order valence-corrected chi connectivity index (χ0v) is 36.1. The lowest BCUT2D eigenvalue weighted by molar-refractivity contribution is -0.137. The molecule has 4 amide bonds. The van der Waals surface area contributed by atoms with E-state index in [1.54, 1.807) is 22.7 Å². The molecule has 12 nitrogen and oxygen atoms in total. The molecule has 1 aliphatic carbocycles. The number of benzene rings is 3. The summed E-state index contributed by atoms with van der Waals surface area (Å²) >= 11 is 1.70. The van der Waals surface area contributed by atoms with Crippen molar-refractivity contribution in [3.05, 3.63) is 93.2 Å². The first-order valence-corrected chi connectivity index (χ1v) is 22.9. The number of piperazine rings is 1. The van der Waals surface area contributed by atoms with E-state index < -0.39 is 17.4 Å². The average Bonchev–Trinajstić information content (AvgIpc) is 3.83. The molecule has 1 atom stereocenters. The summed E-state index contributed by atoms with van der Waals surface area (Å²) in [6.07, 6.45) is 5.73. The van der Waals surface area contributed by atoms with Crippen LogP contribution in [-0.2, 0) is 32.8 Å². The second-order valence-electron chi connectivity index (χ2n) is 17.7. The number of imide groups is 1. The third-order valence-electron chi connectivity index (χ3n) is 13.9. The number of H-pyrrole nitrogens is 1. The lowest BCUT2D eigenvalue weighted by Gasteiger charge is -2.44. The maximum absolute atomic E-state index is 14.1. The fraction of sp³-hybridized carbons (Fsp3) is 0.458. The van der Waals surface area contributed by atoms with Gasteiger partial charge in [-0.2, -0.15) is 5.26 Å². The Hall–Kier alpha value is -5.45. The minimum Gasteiger partial charge on any atom is -0.371 e. The minimum atomic E-state index is -0.626. The van der Waals surface area contributed by atoms with E-state index in [9.17, 15) is 29.2 Å². The van der Waals surface area contributed by atoms with E-state index in [1.807, 2.05) is 35.2 Å². The van der Waals surface area contributed by atoms with Gasteiger partial charge in [-0.05, 0) is 97.4 Å². The monoisotopic (exact) mass is 839 g/mol. The standard InChI is InChI=1S/C48H53N7O5S/c1-4-30-25-34-36(48(2,3)45-43(44(34)58)33-12-11-29(27-49)24-37(33)50-45)26-39(30)53-17-15-31(16-18-53)52-19-21-54(22-20-52)42(57)10-5-6-23-61-40-9-7-8-32-35(40)28-55(47(32)60)38-13-14-41(56)51-46(38)59/h7-9,11-12,24-26,31,38,50H,4-6,10,13-23,28H2,1-3H3,(H,51,56,59). The first-order valence-electron chi connectivity index (χ1n) is 21.9. The zero-order valence-electron chi connectivity index (χ0n) is 35.3. The van der Waals surface area contributed by atoms with E-state index in [4.69, 9.17) is 0 Å². The number of nitrogens with one attached hydrogen (secondary N) is 2. The number of aromatic amines is 1. The number of amides is 4. The minimum absolute atomic E-state index is 0.0464. The van der Waals surface area contributed by atoms with Crippen molar-refractivity contribution in [1.82, 2.24) is 25.0 Å². The van der Waals surface area contributed by atoms with E-state index in [1.165, 1.54) is 11.3 Å². The summed E-state index contributed by atoms with van der Waals surface area (Å²) in [4.78, 5) is 78.0. The van der Waals surface area contributed by atoms with Crippen LogP contribution in [0.4, 0.5) is 5.69 Å². The molecule has 4 aromatic rings. The summed E-state index contributed by atoms with van der Waals surface area (Å²) in [5, 5.41) is 12.7. The lowest BCUT2D eigenvalue weighted by Crippen LogP contribution is -2.54. The van der Waals surface area contributed by atoms with Gasteiger partial charge in [0, 0.05) is 108 Å². The Kier molecular flexibility index (Phi) is 11.0. The molecule has 2 N–H and O–H groups in total. The predicted octanol–water partition coefficient (Wildman–Crippen LogP) is 6.31. The fourth-order valence-electron chi connectivity index (χ4n) is 10.4. The molecule has 316 valence electrons. The van der Waals surface area contributed by atoms with Gasteiger partial charge in [-0.3, -0.25) is 34.2 Å². The van der Waals surface area contributed by atoms with Gasteiger partial charge in [-0.25, -0.2) is 0 Å². The maximum atomic E-state index is 14.1. The molecule has 0 bridgehead atoms. The molecule has 1 aromatic heterocycles. The number of piperidine rings is 2. The van der Waals surface area contributed by atoms with Crippen molar-refractivity contribution >= 4 is 57.8 Å². The van der Waals surface area contributed by atoms with Crippen LogP contribution in [0.25, 0.3) is 10.9 Å². The van der Waals surface area contributed by atoms with Gasteiger partial charge in [0.1, 0.15) is 6.04 Å². The normalized spacial score (nSPS) is 20.4. The van der Waals surface area contributed by atoms with Crippen LogP contribution in [0.3, 0.4) is 0 Å². The van der Waals surface area contributed by atoms with Crippen LogP contribution in [0.1, 0.15) is 120 Å². The number of rotatable bonds is 10. The highest BCUT2D eigenvalue weighted by molar-refractivity contribution is 7.99. The third kappa shape index (κ3) is 7.41. The summed E-state index contributed by atoms with van der Waals surface area (Å²) in [5.74, 6) is 0.246. The molecule has 4 aliphatic heterocycles. The van der Waals surface area contributed by atoms with Gasteiger partial charge in [0.05, 0.1) is 17.2 Å². The van der Waals surface area contributed by atoms with Crippen LogP contribution in [0.15, 0.2) is 53.4 Å². The maximum Gasteiger partial charge on any atom is 0.255 e. The lowest BCUT2D eigenvalue weighted by atomic mass is 9.70. The van der Waals surface area contributed by atoms with Gasteiger partial charge in [-0.15, -0.1) is 11.8 Å². The Morgan fingerprint density at radius 3 is 2.46 bits per heavy atom. The van der Waals surface area contributed by atoms with Gasteiger partial charge in [0.25, 0.3) is 5.91 Å². The molecule has 0 radical (unpaired) electrons. The van der Waals surface area contributed by atoms with Crippen LogP contribution < -0.4 is 10.2 Å². The Bertz CT molecular complexity index is 2500. The summed E-state index contributed by atoms with van der Waals surface area (Å²) in [7, 11) is 0. The number of carbonyl (C=O) groups excluding carboxylic acids is 5.